The Morgan fingerprint density at radius 1 is 1.22 bits per heavy atom. The van der Waals surface area contributed by atoms with Gasteiger partial charge in [0.1, 0.15) is 0 Å². The lowest BCUT2D eigenvalue weighted by Gasteiger charge is -2.11. The average Bonchev–Trinajstić information content (AvgIpc) is 2.34. The molecule has 0 aliphatic heterocycles. The molecule has 2 rings (SSSR count). The van der Waals surface area contributed by atoms with Crippen LogP contribution in [0.15, 0.2) is 27.8 Å². The van der Waals surface area contributed by atoms with Gasteiger partial charge in [0.2, 0.25) is 0 Å². The van der Waals surface area contributed by atoms with Gasteiger partial charge in [-0.3, -0.25) is 14.3 Å². The van der Waals surface area contributed by atoms with Crippen molar-refractivity contribution in [1.82, 2.24) is 9.55 Å². The molecule has 0 aliphatic carbocycles. The molecule has 0 fully saturated rings. The van der Waals surface area contributed by atoms with Gasteiger partial charge in [-0.25, -0.2) is 4.79 Å². The first kappa shape index (κ1) is 12.6. The van der Waals surface area contributed by atoms with Gasteiger partial charge in [-0.05, 0) is 25.0 Å². The summed E-state index contributed by atoms with van der Waals surface area (Å²) in [5.74, 6) is 0. The number of aromatic nitrogens is 2. The zero-order valence-electron chi connectivity index (χ0n) is 10.8. The highest BCUT2D eigenvalue weighted by molar-refractivity contribution is 5.81. The summed E-state index contributed by atoms with van der Waals surface area (Å²) in [6.07, 6.45) is 3.14. The minimum absolute atomic E-state index is 0.301. The van der Waals surface area contributed by atoms with E-state index in [0.29, 0.717) is 11.9 Å². The second-order valence-corrected chi connectivity index (χ2v) is 4.59. The molecule has 0 unspecified atom stereocenters. The van der Waals surface area contributed by atoms with Crippen molar-refractivity contribution in [3.63, 3.8) is 0 Å². The van der Waals surface area contributed by atoms with E-state index < -0.39 is 0 Å². The number of hydrogen-bond acceptors (Lipinski definition) is 2. The number of rotatable bonds is 4. The third-order valence-electron chi connectivity index (χ3n) is 3.20. The summed E-state index contributed by atoms with van der Waals surface area (Å²) < 4.78 is 1.68. The van der Waals surface area contributed by atoms with Crippen molar-refractivity contribution >= 4 is 10.9 Å². The Balaban J connectivity index is 2.64. The lowest BCUT2D eigenvalue weighted by Crippen LogP contribution is -2.30. The largest absolute Gasteiger partial charge is 0.328 e. The number of para-hydroxylation sites is 1. The maximum Gasteiger partial charge on any atom is 0.328 e. The molecule has 4 nitrogen and oxygen atoms in total. The monoisotopic (exact) mass is 246 g/mol. The molecule has 1 aromatic carbocycles. The summed E-state index contributed by atoms with van der Waals surface area (Å²) in [6, 6.07) is 5.53. The van der Waals surface area contributed by atoms with Gasteiger partial charge in [0.25, 0.3) is 5.56 Å². The standard InChI is InChI=1S/C14H18N2O2/c1-3-4-5-9-16-12-10(2)7-6-8-11(12)13(17)15-14(16)18/h6-8H,3-5,9H2,1-2H3,(H,15,17,18). The minimum atomic E-state index is -0.307. The third kappa shape index (κ3) is 2.23. The van der Waals surface area contributed by atoms with Gasteiger partial charge in [0.05, 0.1) is 10.9 Å². The molecule has 1 N–H and O–H groups in total. The molecular weight excluding hydrogens is 228 g/mol. The first-order chi connectivity index (χ1) is 8.65. The van der Waals surface area contributed by atoms with Crippen LogP contribution in [0.2, 0.25) is 0 Å². The molecule has 4 heteroatoms. The molecule has 1 heterocycles. The molecule has 0 amide bonds. The number of aromatic amines is 1. The Morgan fingerprint density at radius 3 is 2.72 bits per heavy atom. The van der Waals surface area contributed by atoms with Crippen molar-refractivity contribution in [2.75, 3.05) is 0 Å². The molecule has 0 spiro atoms. The summed E-state index contributed by atoms with van der Waals surface area (Å²) in [4.78, 5) is 26.1. The van der Waals surface area contributed by atoms with E-state index in [4.69, 9.17) is 0 Å². The van der Waals surface area contributed by atoms with E-state index in [1.165, 1.54) is 0 Å². The molecule has 0 bridgehead atoms. The fourth-order valence-corrected chi connectivity index (χ4v) is 2.27. The van der Waals surface area contributed by atoms with E-state index in [9.17, 15) is 9.59 Å². The Hall–Kier alpha value is -1.84. The van der Waals surface area contributed by atoms with Gasteiger partial charge in [-0.2, -0.15) is 0 Å². The van der Waals surface area contributed by atoms with Crippen LogP contribution in [-0.2, 0) is 6.54 Å². The summed E-state index contributed by atoms with van der Waals surface area (Å²) in [5, 5.41) is 0.589. The SMILES string of the molecule is CCCCCn1c(=O)[nH]c(=O)c2cccc(C)c21. The molecule has 1 aromatic heterocycles. The van der Waals surface area contributed by atoms with Crippen LogP contribution in [0.1, 0.15) is 31.7 Å². The average molecular weight is 246 g/mol. The quantitative estimate of drug-likeness (QED) is 0.841. The van der Waals surface area contributed by atoms with Gasteiger partial charge in [0, 0.05) is 6.54 Å². The first-order valence-electron chi connectivity index (χ1n) is 6.37. The van der Waals surface area contributed by atoms with Crippen LogP contribution < -0.4 is 11.2 Å². The van der Waals surface area contributed by atoms with Crippen LogP contribution in [0.25, 0.3) is 10.9 Å². The zero-order chi connectivity index (χ0) is 13.1. The molecule has 0 radical (unpaired) electrons. The first-order valence-corrected chi connectivity index (χ1v) is 6.37. The zero-order valence-corrected chi connectivity index (χ0v) is 10.8. The number of H-pyrrole nitrogens is 1. The van der Waals surface area contributed by atoms with E-state index in [1.54, 1.807) is 10.6 Å². The fraction of sp³-hybridized carbons (Fsp3) is 0.429. The topological polar surface area (TPSA) is 54.9 Å². The van der Waals surface area contributed by atoms with Crippen molar-refractivity contribution < 1.29 is 0 Å². The maximum absolute atomic E-state index is 11.9. The van der Waals surface area contributed by atoms with Crippen LogP contribution in [0.5, 0.6) is 0 Å². The number of unbranched alkanes of at least 4 members (excludes halogenated alkanes) is 2. The summed E-state index contributed by atoms with van der Waals surface area (Å²) in [7, 11) is 0. The minimum Gasteiger partial charge on any atom is -0.293 e. The lowest BCUT2D eigenvalue weighted by atomic mass is 10.1. The predicted molar refractivity (Wildman–Crippen MR) is 73.1 cm³/mol. The number of fused-ring (bicyclic) bond motifs is 1. The maximum atomic E-state index is 11.9. The molecule has 0 aliphatic rings. The Kier molecular flexibility index (Phi) is 3.65. The summed E-state index contributed by atoms with van der Waals surface area (Å²) in [5.41, 5.74) is 1.12. The molecule has 96 valence electrons. The van der Waals surface area contributed by atoms with E-state index in [1.807, 2.05) is 19.1 Å². The Labute approximate surface area is 105 Å². The van der Waals surface area contributed by atoms with Crippen molar-refractivity contribution in [2.45, 2.75) is 39.7 Å². The van der Waals surface area contributed by atoms with Crippen molar-refractivity contribution in [1.29, 1.82) is 0 Å². The van der Waals surface area contributed by atoms with E-state index in [-0.39, 0.29) is 11.2 Å². The van der Waals surface area contributed by atoms with Crippen LogP contribution in [-0.4, -0.2) is 9.55 Å². The molecule has 2 aromatic rings. The number of nitrogens with one attached hydrogen (secondary N) is 1. The Morgan fingerprint density at radius 2 is 2.00 bits per heavy atom. The van der Waals surface area contributed by atoms with Gasteiger partial charge >= 0.3 is 5.69 Å². The van der Waals surface area contributed by atoms with Crippen molar-refractivity contribution in [3.8, 4) is 0 Å². The highest BCUT2D eigenvalue weighted by atomic mass is 16.2. The molecular formula is C14H18N2O2. The smallest absolute Gasteiger partial charge is 0.293 e. The second-order valence-electron chi connectivity index (χ2n) is 4.59. The molecule has 0 saturated heterocycles. The number of aryl methyl sites for hydroxylation is 2. The second kappa shape index (κ2) is 5.21. The van der Waals surface area contributed by atoms with Crippen molar-refractivity contribution in [3.05, 3.63) is 44.6 Å². The number of nitrogens with zero attached hydrogens (tertiary/aromatic N) is 1. The van der Waals surface area contributed by atoms with Crippen molar-refractivity contribution in [2.24, 2.45) is 0 Å². The normalized spacial score (nSPS) is 11.0. The highest BCUT2D eigenvalue weighted by Crippen LogP contribution is 2.13. The third-order valence-corrected chi connectivity index (χ3v) is 3.20. The Bertz CT molecular complexity index is 668. The van der Waals surface area contributed by atoms with Gasteiger partial charge in [-0.1, -0.05) is 31.9 Å². The number of benzene rings is 1. The van der Waals surface area contributed by atoms with Crippen LogP contribution in [0, 0.1) is 6.92 Å². The van der Waals surface area contributed by atoms with E-state index in [0.717, 1.165) is 30.3 Å². The van der Waals surface area contributed by atoms with E-state index >= 15 is 0 Å². The van der Waals surface area contributed by atoms with Gasteiger partial charge in [0.15, 0.2) is 0 Å². The fourth-order valence-electron chi connectivity index (χ4n) is 2.27. The summed E-state index contributed by atoms with van der Waals surface area (Å²) >= 11 is 0. The highest BCUT2D eigenvalue weighted by Gasteiger charge is 2.08. The molecule has 0 saturated carbocycles. The van der Waals surface area contributed by atoms with Crippen LogP contribution in [0.3, 0.4) is 0 Å². The van der Waals surface area contributed by atoms with Crippen LogP contribution in [0.4, 0.5) is 0 Å². The molecule has 18 heavy (non-hydrogen) atoms. The lowest BCUT2D eigenvalue weighted by molar-refractivity contribution is 0.591. The van der Waals surface area contributed by atoms with Crippen LogP contribution >= 0.6 is 0 Å². The summed E-state index contributed by atoms with van der Waals surface area (Å²) in [6.45, 7) is 4.71. The van der Waals surface area contributed by atoms with Gasteiger partial charge < -0.3 is 0 Å². The van der Waals surface area contributed by atoms with E-state index in [2.05, 4.69) is 11.9 Å². The van der Waals surface area contributed by atoms with Gasteiger partial charge in [-0.15, -0.1) is 0 Å². The number of hydrogen-bond donors (Lipinski definition) is 1. The predicted octanol–water partition coefficient (Wildman–Crippen LogP) is 2.19. The molecule has 0 atom stereocenters.